The predicted molar refractivity (Wildman–Crippen MR) is 88.5 cm³/mol. The molecule has 0 aliphatic carbocycles. The van der Waals surface area contributed by atoms with Crippen molar-refractivity contribution in [1.29, 1.82) is 0 Å². The lowest BCUT2D eigenvalue weighted by Crippen LogP contribution is -2.27. The van der Waals surface area contributed by atoms with Gasteiger partial charge in [0.15, 0.2) is 0 Å². The lowest BCUT2D eigenvalue weighted by Gasteiger charge is -2.20. The first-order valence-electron chi connectivity index (χ1n) is 7.16. The van der Waals surface area contributed by atoms with Gasteiger partial charge in [0.05, 0.1) is 0 Å². The normalized spacial score (nSPS) is 10.4. The van der Waals surface area contributed by atoms with Gasteiger partial charge in [0.2, 0.25) is 5.91 Å². The monoisotopic (exact) mass is 282 g/mol. The Morgan fingerprint density at radius 3 is 2.52 bits per heavy atom. The van der Waals surface area contributed by atoms with Crippen molar-refractivity contribution >= 4 is 17.3 Å². The zero-order valence-electron chi connectivity index (χ0n) is 12.9. The Morgan fingerprint density at radius 1 is 1.14 bits per heavy atom. The Morgan fingerprint density at radius 2 is 1.86 bits per heavy atom. The maximum absolute atomic E-state index is 12.4. The van der Waals surface area contributed by atoms with Gasteiger partial charge in [0.1, 0.15) is 0 Å². The first kappa shape index (κ1) is 15.1. The van der Waals surface area contributed by atoms with Gasteiger partial charge in [-0.3, -0.25) is 4.79 Å². The van der Waals surface area contributed by atoms with Crippen LogP contribution in [0.5, 0.6) is 0 Å². The van der Waals surface area contributed by atoms with E-state index < -0.39 is 0 Å². The van der Waals surface area contributed by atoms with Crippen LogP contribution >= 0.6 is 0 Å². The van der Waals surface area contributed by atoms with E-state index in [4.69, 9.17) is 5.73 Å². The van der Waals surface area contributed by atoms with Gasteiger partial charge in [-0.25, -0.2) is 0 Å². The Hall–Kier alpha value is -2.29. The van der Waals surface area contributed by atoms with Crippen molar-refractivity contribution in [1.82, 2.24) is 0 Å². The highest BCUT2D eigenvalue weighted by Crippen LogP contribution is 2.21. The van der Waals surface area contributed by atoms with Crippen LogP contribution in [-0.4, -0.2) is 13.0 Å². The number of carbonyl (C=O) groups is 1. The molecule has 0 aliphatic heterocycles. The molecule has 0 aromatic heterocycles. The molecule has 2 rings (SSSR count). The van der Waals surface area contributed by atoms with Crippen molar-refractivity contribution in [3.63, 3.8) is 0 Å². The number of para-hydroxylation sites is 1. The summed E-state index contributed by atoms with van der Waals surface area (Å²) in [5, 5.41) is 0. The molecular weight excluding hydrogens is 260 g/mol. The minimum absolute atomic E-state index is 0.102. The van der Waals surface area contributed by atoms with Crippen molar-refractivity contribution in [2.24, 2.45) is 0 Å². The van der Waals surface area contributed by atoms with Crippen molar-refractivity contribution < 1.29 is 4.79 Å². The Labute approximate surface area is 126 Å². The quantitative estimate of drug-likeness (QED) is 0.873. The third-order valence-electron chi connectivity index (χ3n) is 3.75. The molecule has 0 radical (unpaired) electrons. The lowest BCUT2D eigenvalue weighted by atomic mass is 10.1. The van der Waals surface area contributed by atoms with Crippen LogP contribution < -0.4 is 10.6 Å². The maximum Gasteiger partial charge on any atom is 0.227 e. The smallest absolute Gasteiger partial charge is 0.227 e. The summed E-state index contributed by atoms with van der Waals surface area (Å²) < 4.78 is 0. The number of carbonyl (C=O) groups excluding carboxylic acids is 1. The molecule has 0 fully saturated rings. The van der Waals surface area contributed by atoms with E-state index in [1.54, 1.807) is 4.90 Å². The predicted octanol–water partition coefficient (Wildman–Crippen LogP) is 3.48. The van der Waals surface area contributed by atoms with Gasteiger partial charge in [-0.05, 0) is 43.5 Å². The van der Waals surface area contributed by atoms with Crippen LogP contribution in [0.1, 0.15) is 23.1 Å². The summed E-state index contributed by atoms with van der Waals surface area (Å²) in [4.78, 5) is 14.1. The van der Waals surface area contributed by atoms with E-state index in [1.807, 2.05) is 50.4 Å². The first-order valence-corrected chi connectivity index (χ1v) is 7.16. The van der Waals surface area contributed by atoms with Crippen molar-refractivity contribution in [3.8, 4) is 0 Å². The first-order chi connectivity index (χ1) is 9.99. The van der Waals surface area contributed by atoms with Crippen LogP contribution in [0.15, 0.2) is 42.5 Å². The van der Waals surface area contributed by atoms with Gasteiger partial charge in [0, 0.05) is 24.8 Å². The molecule has 3 heteroatoms. The molecule has 0 heterocycles. The van der Waals surface area contributed by atoms with Gasteiger partial charge < -0.3 is 10.6 Å². The third-order valence-corrected chi connectivity index (χ3v) is 3.75. The van der Waals surface area contributed by atoms with Gasteiger partial charge >= 0.3 is 0 Å². The number of nitrogens with two attached hydrogens (primary N) is 1. The molecule has 3 nitrogen and oxygen atoms in total. The molecule has 0 saturated heterocycles. The largest absolute Gasteiger partial charge is 0.399 e. The molecule has 0 bridgehead atoms. The van der Waals surface area contributed by atoms with Crippen molar-refractivity contribution in [3.05, 3.63) is 59.2 Å². The molecule has 2 aromatic rings. The van der Waals surface area contributed by atoms with E-state index in [2.05, 4.69) is 13.0 Å². The molecule has 110 valence electrons. The second-order valence-electron chi connectivity index (χ2n) is 5.44. The molecule has 2 N–H and O–H groups in total. The molecule has 0 spiro atoms. The Kier molecular flexibility index (Phi) is 4.63. The number of nitrogens with zero attached hydrogens (tertiary/aromatic N) is 1. The number of rotatable bonds is 4. The molecule has 0 unspecified atom stereocenters. The van der Waals surface area contributed by atoms with E-state index in [9.17, 15) is 4.79 Å². The molecule has 21 heavy (non-hydrogen) atoms. The van der Waals surface area contributed by atoms with E-state index >= 15 is 0 Å². The summed E-state index contributed by atoms with van der Waals surface area (Å²) in [6.07, 6.45) is 1.12. The summed E-state index contributed by atoms with van der Waals surface area (Å²) in [5.74, 6) is 0.102. The number of anilines is 2. The minimum atomic E-state index is 0.102. The van der Waals surface area contributed by atoms with Crippen LogP contribution in [0.25, 0.3) is 0 Å². The van der Waals surface area contributed by atoms with Crippen LogP contribution in [-0.2, 0) is 11.2 Å². The van der Waals surface area contributed by atoms with Crippen molar-refractivity contribution in [2.75, 3.05) is 17.7 Å². The topological polar surface area (TPSA) is 46.3 Å². The maximum atomic E-state index is 12.4. The molecule has 2 aromatic carbocycles. The molecule has 0 atom stereocenters. The van der Waals surface area contributed by atoms with Crippen LogP contribution in [0.2, 0.25) is 0 Å². The van der Waals surface area contributed by atoms with Crippen LogP contribution in [0, 0.1) is 13.8 Å². The standard InChI is InChI=1S/C18H22N2O/c1-13-8-10-17(14(2)12-13)20(3)18(21)11-9-15-6-4-5-7-16(15)19/h4-8,10,12H,9,11,19H2,1-3H3. The fourth-order valence-electron chi connectivity index (χ4n) is 2.49. The number of benzene rings is 2. The zero-order valence-corrected chi connectivity index (χ0v) is 12.9. The SMILES string of the molecule is Cc1ccc(N(C)C(=O)CCc2ccccc2N)c(C)c1. The highest BCUT2D eigenvalue weighted by molar-refractivity contribution is 5.93. The third kappa shape index (κ3) is 3.63. The number of aryl methyl sites for hydroxylation is 3. The van der Waals surface area contributed by atoms with E-state index in [1.165, 1.54) is 5.56 Å². The Bertz CT molecular complexity index is 649. The second kappa shape index (κ2) is 6.44. The van der Waals surface area contributed by atoms with E-state index in [0.717, 1.165) is 22.5 Å². The number of amides is 1. The molecule has 0 saturated carbocycles. The van der Waals surface area contributed by atoms with Gasteiger partial charge in [-0.1, -0.05) is 35.9 Å². The molecular formula is C18H22N2O. The number of nitrogen functional groups attached to an aromatic ring is 1. The average molecular weight is 282 g/mol. The summed E-state index contributed by atoms with van der Waals surface area (Å²) in [6, 6.07) is 13.8. The van der Waals surface area contributed by atoms with E-state index in [0.29, 0.717) is 12.8 Å². The summed E-state index contributed by atoms with van der Waals surface area (Å²) in [6.45, 7) is 4.08. The summed E-state index contributed by atoms with van der Waals surface area (Å²) >= 11 is 0. The number of hydrogen-bond donors (Lipinski definition) is 1. The highest BCUT2D eigenvalue weighted by atomic mass is 16.2. The van der Waals surface area contributed by atoms with E-state index in [-0.39, 0.29) is 5.91 Å². The van der Waals surface area contributed by atoms with Gasteiger partial charge in [-0.15, -0.1) is 0 Å². The lowest BCUT2D eigenvalue weighted by molar-refractivity contribution is -0.118. The summed E-state index contributed by atoms with van der Waals surface area (Å²) in [7, 11) is 1.83. The average Bonchev–Trinajstić information content (AvgIpc) is 2.45. The van der Waals surface area contributed by atoms with Crippen LogP contribution in [0.4, 0.5) is 11.4 Å². The fourth-order valence-corrected chi connectivity index (χ4v) is 2.49. The minimum Gasteiger partial charge on any atom is -0.399 e. The van der Waals surface area contributed by atoms with Gasteiger partial charge in [0.25, 0.3) is 0 Å². The Balaban J connectivity index is 2.05. The fraction of sp³-hybridized carbons (Fsp3) is 0.278. The molecule has 0 aliphatic rings. The zero-order chi connectivity index (χ0) is 15.4. The highest BCUT2D eigenvalue weighted by Gasteiger charge is 2.13. The molecule has 1 amide bonds. The van der Waals surface area contributed by atoms with Crippen LogP contribution in [0.3, 0.4) is 0 Å². The van der Waals surface area contributed by atoms with Gasteiger partial charge in [-0.2, -0.15) is 0 Å². The number of hydrogen-bond acceptors (Lipinski definition) is 2. The summed E-state index contributed by atoms with van der Waals surface area (Å²) in [5.41, 5.74) is 11.0. The van der Waals surface area contributed by atoms with Crippen molar-refractivity contribution in [2.45, 2.75) is 26.7 Å². The second-order valence-corrected chi connectivity index (χ2v) is 5.44.